The number of fused-ring (bicyclic) bond motifs is 1. The van der Waals surface area contributed by atoms with Crippen LogP contribution in [0.3, 0.4) is 0 Å². The van der Waals surface area contributed by atoms with Gasteiger partial charge in [-0.1, -0.05) is 36.4 Å². The second kappa shape index (κ2) is 8.57. The Morgan fingerprint density at radius 3 is 2.48 bits per heavy atom. The number of hydrogen-bond acceptors (Lipinski definition) is 4. The first-order valence-corrected chi connectivity index (χ1v) is 9.55. The van der Waals surface area contributed by atoms with Crippen LogP contribution >= 0.6 is 0 Å². The molecule has 0 spiro atoms. The minimum absolute atomic E-state index is 0.0646. The third-order valence-corrected chi connectivity index (χ3v) is 4.98. The van der Waals surface area contributed by atoms with Crippen LogP contribution in [0.5, 0.6) is 5.75 Å². The van der Waals surface area contributed by atoms with E-state index >= 15 is 0 Å². The van der Waals surface area contributed by atoms with Crippen LogP contribution in [0.2, 0.25) is 0 Å². The van der Waals surface area contributed by atoms with Crippen LogP contribution in [0.1, 0.15) is 28.4 Å². The Balaban J connectivity index is 1.59. The summed E-state index contributed by atoms with van der Waals surface area (Å²) >= 11 is 0. The maximum absolute atomic E-state index is 12.9. The van der Waals surface area contributed by atoms with Gasteiger partial charge in [0, 0.05) is 30.1 Å². The first kappa shape index (κ1) is 18.7. The number of aromatic nitrogens is 1. The zero-order valence-electron chi connectivity index (χ0n) is 16.2. The third-order valence-electron chi connectivity index (χ3n) is 4.98. The molecule has 0 aliphatic carbocycles. The number of Topliss-reactive ketones (excluding diaryl/α,β-unsaturated/α-hetero) is 1. The highest BCUT2D eigenvalue weighted by atomic mass is 16.5. The molecule has 0 amide bonds. The monoisotopic (exact) mass is 382 g/mol. The number of benzene rings is 3. The lowest BCUT2D eigenvalue weighted by molar-refractivity contribution is 0.0976. The van der Waals surface area contributed by atoms with Gasteiger partial charge in [0.1, 0.15) is 5.75 Å². The van der Waals surface area contributed by atoms with Gasteiger partial charge in [0.05, 0.1) is 13.2 Å². The molecule has 4 heteroatoms. The lowest BCUT2D eigenvalue weighted by Gasteiger charge is -2.20. The summed E-state index contributed by atoms with van der Waals surface area (Å²) in [7, 11) is 1.61. The fourth-order valence-electron chi connectivity index (χ4n) is 3.39. The molecule has 0 fully saturated rings. The van der Waals surface area contributed by atoms with Crippen LogP contribution in [0, 0.1) is 0 Å². The van der Waals surface area contributed by atoms with Crippen LogP contribution in [-0.4, -0.2) is 17.9 Å². The Bertz CT molecular complexity index is 1110. The maximum Gasteiger partial charge on any atom is 0.165 e. The van der Waals surface area contributed by atoms with Crippen LogP contribution in [0.15, 0.2) is 91.3 Å². The highest BCUT2D eigenvalue weighted by molar-refractivity contribution is 5.97. The molecule has 1 aromatic heterocycles. The molecule has 144 valence electrons. The van der Waals surface area contributed by atoms with Crippen molar-refractivity contribution in [2.45, 2.75) is 12.5 Å². The SMILES string of the molecule is COc1ccc(C(=O)CC(Nc2ccc3ccccc3c2)c2cccnc2)cc1. The molecule has 1 heterocycles. The predicted octanol–water partition coefficient (Wildman–Crippen LogP) is 5.67. The van der Waals surface area contributed by atoms with Crippen LogP contribution in [0.4, 0.5) is 5.69 Å². The second-order valence-electron chi connectivity index (χ2n) is 6.90. The average molecular weight is 382 g/mol. The summed E-state index contributed by atoms with van der Waals surface area (Å²) in [5.41, 5.74) is 2.61. The summed E-state index contributed by atoms with van der Waals surface area (Å²) in [6.07, 6.45) is 3.87. The van der Waals surface area contributed by atoms with Crippen molar-refractivity contribution in [2.75, 3.05) is 12.4 Å². The first-order chi connectivity index (χ1) is 14.2. The van der Waals surface area contributed by atoms with E-state index in [-0.39, 0.29) is 11.8 Å². The van der Waals surface area contributed by atoms with Gasteiger partial charge in [0.25, 0.3) is 0 Å². The van der Waals surface area contributed by atoms with Gasteiger partial charge < -0.3 is 10.1 Å². The Morgan fingerprint density at radius 1 is 0.966 bits per heavy atom. The number of nitrogens with one attached hydrogen (secondary N) is 1. The Labute approximate surface area is 170 Å². The number of carbonyl (C=O) groups excluding carboxylic acids is 1. The summed E-state index contributed by atoms with van der Waals surface area (Å²) < 4.78 is 5.18. The number of methoxy groups -OCH3 is 1. The van der Waals surface area contributed by atoms with E-state index in [0.29, 0.717) is 12.0 Å². The van der Waals surface area contributed by atoms with E-state index in [1.165, 1.54) is 5.39 Å². The Hall–Kier alpha value is -3.66. The van der Waals surface area contributed by atoms with Gasteiger partial charge in [-0.05, 0) is 58.8 Å². The minimum atomic E-state index is -0.181. The van der Waals surface area contributed by atoms with Crippen molar-refractivity contribution in [2.24, 2.45) is 0 Å². The molecule has 29 heavy (non-hydrogen) atoms. The van der Waals surface area contributed by atoms with E-state index in [1.54, 1.807) is 31.6 Å². The standard InChI is InChI=1S/C25H22N2O2/c1-29-23-12-9-19(10-13-23)25(28)16-24(21-7-4-14-26-17-21)27-22-11-8-18-5-2-3-6-20(18)15-22/h2-15,17,24,27H,16H2,1H3. The molecular formula is C25H22N2O2. The quantitative estimate of drug-likeness (QED) is 0.419. The molecule has 0 bridgehead atoms. The minimum Gasteiger partial charge on any atom is -0.497 e. The maximum atomic E-state index is 12.9. The molecule has 4 nitrogen and oxygen atoms in total. The van der Waals surface area contributed by atoms with E-state index in [4.69, 9.17) is 4.74 Å². The van der Waals surface area contributed by atoms with Crippen LogP contribution in [-0.2, 0) is 0 Å². The zero-order chi connectivity index (χ0) is 20.1. The molecule has 4 rings (SSSR count). The number of ketones is 1. The van der Waals surface area contributed by atoms with Gasteiger partial charge in [0.2, 0.25) is 0 Å². The predicted molar refractivity (Wildman–Crippen MR) is 116 cm³/mol. The summed E-state index contributed by atoms with van der Waals surface area (Å²) in [5.74, 6) is 0.800. The van der Waals surface area contributed by atoms with Crippen LogP contribution in [0.25, 0.3) is 10.8 Å². The Morgan fingerprint density at radius 2 is 1.76 bits per heavy atom. The van der Waals surface area contributed by atoms with Gasteiger partial charge in [-0.15, -0.1) is 0 Å². The first-order valence-electron chi connectivity index (χ1n) is 9.55. The number of rotatable bonds is 7. The summed E-state index contributed by atoms with van der Waals surface area (Å²) in [4.78, 5) is 17.2. The lowest BCUT2D eigenvalue weighted by Crippen LogP contribution is -2.16. The number of anilines is 1. The average Bonchev–Trinajstić information content (AvgIpc) is 2.79. The normalized spacial score (nSPS) is 11.8. The molecule has 1 atom stereocenters. The number of hydrogen-bond donors (Lipinski definition) is 1. The molecule has 0 aliphatic rings. The van der Waals surface area contributed by atoms with Gasteiger partial charge in [0.15, 0.2) is 5.78 Å². The van der Waals surface area contributed by atoms with Crippen LogP contribution < -0.4 is 10.1 Å². The van der Waals surface area contributed by atoms with E-state index in [9.17, 15) is 4.79 Å². The Kier molecular flexibility index (Phi) is 5.52. The number of nitrogens with zero attached hydrogens (tertiary/aromatic N) is 1. The van der Waals surface area contributed by atoms with Gasteiger partial charge >= 0.3 is 0 Å². The van der Waals surface area contributed by atoms with Crippen molar-refractivity contribution in [3.63, 3.8) is 0 Å². The molecular weight excluding hydrogens is 360 g/mol. The van der Waals surface area contributed by atoms with Crippen molar-refractivity contribution in [1.82, 2.24) is 4.98 Å². The largest absolute Gasteiger partial charge is 0.497 e. The number of pyridine rings is 1. The number of ether oxygens (including phenoxy) is 1. The molecule has 0 radical (unpaired) electrons. The second-order valence-corrected chi connectivity index (χ2v) is 6.90. The highest BCUT2D eigenvalue weighted by Crippen LogP contribution is 2.27. The molecule has 1 N–H and O–H groups in total. The summed E-state index contributed by atoms with van der Waals surface area (Å²) in [5, 5.41) is 5.87. The summed E-state index contributed by atoms with van der Waals surface area (Å²) in [6.45, 7) is 0. The molecule has 3 aromatic carbocycles. The van der Waals surface area contributed by atoms with E-state index < -0.39 is 0 Å². The van der Waals surface area contributed by atoms with Gasteiger partial charge in [-0.2, -0.15) is 0 Å². The fraction of sp³-hybridized carbons (Fsp3) is 0.120. The van der Waals surface area contributed by atoms with Gasteiger partial charge in [-0.25, -0.2) is 0 Å². The molecule has 0 saturated carbocycles. The molecule has 0 saturated heterocycles. The van der Waals surface area contributed by atoms with Crippen molar-refractivity contribution in [3.8, 4) is 5.75 Å². The summed E-state index contributed by atoms with van der Waals surface area (Å²) in [6, 6.07) is 25.4. The van der Waals surface area contributed by atoms with Crippen molar-refractivity contribution in [3.05, 3.63) is 102 Å². The van der Waals surface area contributed by atoms with E-state index in [1.807, 2.05) is 42.5 Å². The highest BCUT2D eigenvalue weighted by Gasteiger charge is 2.18. The molecule has 0 aliphatic heterocycles. The molecule has 1 unspecified atom stereocenters. The smallest absolute Gasteiger partial charge is 0.165 e. The van der Waals surface area contributed by atoms with Crippen molar-refractivity contribution >= 4 is 22.2 Å². The van der Waals surface area contributed by atoms with Gasteiger partial charge in [-0.3, -0.25) is 9.78 Å². The van der Waals surface area contributed by atoms with Crippen molar-refractivity contribution in [1.29, 1.82) is 0 Å². The lowest BCUT2D eigenvalue weighted by atomic mass is 9.98. The zero-order valence-corrected chi connectivity index (χ0v) is 16.2. The van der Waals surface area contributed by atoms with E-state index in [0.717, 1.165) is 22.4 Å². The fourth-order valence-corrected chi connectivity index (χ4v) is 3.39. The van der Waals surface area contributed by atoms with E-state index in [2.05, 4.69) is 34.6 Å². The topological polar surface area (TPSA) is 51.2 Å². The number of carbonyl (C=O) groups is 1. The van der Waals surface area contributed by atoms with Crippen molar-refractivity contribution < 1.29 is 9.53 Å². The third kappa shape index (κ3) is 4.43. The molecule has 4 aromatic rings.